The number of hydrogen-bond donors (Lipinski definition) is 5. The van der Waals surface area contributed by atoms with Crippen molar-refractivity contribution in [2.75, 3.05) is 26.4 Å². The highest BCUT2D eigenvalue weighted by Crippen LogP contribution is 2.27. The average molecular weight is 537 g/mol. The molecule has 0 aliphatic carbocycles. The first-order valence-corrected chi connectivity index (χ1v) is 13.3. The number of hydroxylamine groups is 1. The number of fused-ring (bicyclic) bond motifs is 11. The molecule has 2 aliphatic heterocycles. The molecule has 4 amide bonds. The van der Waals surface area contributed by atoms with Crippen molar-refractivity contribution >= 4 is 23.6 Å². The first-order valence-electron chi connectivity index (χ1n) is 13.3. The number of carbonyl (C=O) groups excluding carboxylic acids is 4. The molecule has 0 saturated carbocycles. The summed E-state index contributed by atoms with van der Waals surface area (Å²) in [5, 5.41) is 17.4. The van der Waals surface area contributed by atoms with E-state index in [1.54, 1.807) is 17.6 Å². The minimum atomic E-state index is -0.998. The minimum Gasteiger partial charge on any atom is -0.494 e. The highest BCUT2D eigenvalue weighted by Gasteiger charge is 2.36. The number of benzene rings is 1. The fourth-order valence-electron chi connectivity index (χ4n) is 4.48. The first-order chi connectivity index (χ1) is 18.2. The molecule has 10 nitrogen and oxygen atoms in total. The van der Waals surface area contributed by atoms with Crippen LogP contribution in [0.2, 0.25) is 0 Å². The standard InChI is InChI=1S/C27H41FN4O6/c1-18(2)15-22-21(26(35)32-37)7-6-14-38-20-10-8-19(9-11-20)16-23(31-25(22)34)27(36)30-17-24(33)29-13-5-3-4-12-28/h8-11,18,21-23,37H,3-7,12-17H2,1-2H3,(H,29,33)(H,30,36)(H,31,34)(H,32,35)/t21-,22+,23-/m0/s1. The molecule has 0 aromatic heterocycles. The Morgan fingerprint density at radius 2 is 1.84 bits per heavy atom. The number of ether oxygens (including phenoxy) is 1. The van der Waals surface area contributed by atoms with Gasteiger partial charge in [0, 0.05) is 18.9 Å². The third-order valence-corrected chi connectivity index (χ3v) is 6.47. The zero-order valence-corrected chi connectivity index (χ0v) is 22.3. The molecule has 5 N–H and O–H groups in total. The Bertz CT molecular complexity index is 911. The number of unbranched alkanes of at least 4 members (excludes halogenated alkanes) is 2. The van der Waals surface area contributed by atoms with E-state index in [9.17, 15) is 28.8 Å². The Labute approximate surface area is 223 Å². The molecule has 2 heterocycles. The van der Waals surface area contributed by atoms with Crippen LogP contribution in [0.5, 0.6) is 5.75 Å². The van der Waals surface area contributed by atoms with Gasteiger partial charge in [0.15, 0.2) is 0 Å². The Kier molecular flexibility index (Phi) is 13.5. The number of alkyl halides is 1. The number of halogens is 1. The van der Waals surface area contributed by atoms with Crippen LogP contribution in [-0.4, -0.2) is 61.2 Å². The molecule has 0 unspecified atom stereocenters. The van der Waals surface area contributed by atoms with Crippen molar-refractivity contribution in [3.8, 4) is 5.75 Å². The maximum Gasteiger partial charge on any atom is 0.247 e. The summed E-state index contributed by atoms with van der Waals surface area (Å²) in [6.45, 7) is 3.92. The van der Waals surface area contributed by atoms with Gasteiger partial charge in [-0.25, -0.2) is 5.48 Å². The van der Waals surface area contributed by atoms with Crippen LogP contribution >= 0.6 is 0 Å². The van der Waals surface area contributed by atoms with Gasteiger partial charge < -0.3 is 20.7 Å². The molecule has 0 saturated heterocycles. The Morgan fingerprint density at radius 3 is 2.50 bits per heavy atom. The largest absolute Gasteiger partial charge is 0.494 e. The zero-order valence-electron chi connectivity index (χ0n) is 22.3. The predicted molar refractivity (Wildman–Crippen MR) is 139 cm³/mol. The summed E-state index contributed by atoms with van der Waals surface area (Å²) in [5.41, 5.74) is 2.46. The number of hydrogen-bond acceptors (Lipinski definition) is 6. The van der Waals surface area contributed by atoms with Gasteiger partial charge in [-0.05, 0) is 62.1 Å². The van der Waals surface area contributed by atoms with Gasteiger partial charge >= 0.3 is 0 Å². The Balaban J connectivity index is 2.20. The Hall–Kier alpha value is -3.21. The number of carbonyl (C=O) groups is 4. The SMILES string of the molecule is CC(C)C[C@H]1C(=O)N[C@H](C(=O)NCC(=O)NCCCCCF)Cc2ccc(cc2)OCCC[C@@H]1C(=O)NO. The maximum atomic E-state index is 13.5. The summed E-state index contributed by atoms with van der Waals surface area (Å²) in [5.74, 6) is -2.95. The van der Waals surface area contributed by atoms with Crippen molar-refractivity contribution in [1.82, 2.24) is 21.4 Å². The lowest BCUT2D eigenvalue weighted by molar-refractivity contribution is -0.142. The van der Waals surface area contributed by atoms with E-state index in [-0.39, 0.29) is 24.8 Å². The van der Waals surface area contributed by atoms with Crippen LogP contribution in [0.3, 0.4) is 0 Å². The van der Waals surface area contributed by atoms with Crippen LogP contribution in [0.4, 0.5) is 4.39 Å². The van der Waals surface area contributed by atoms with Crippen molar-refractivity contribution in [2.24, 2.45) is 17.8 Å². The third kappa shape index (κ3) is 10.6. The second-order valence-electron chi connectivity index (χ2n) is 10.0. The molecular weight excluding hydrogens is 495 g/mol. The van der Waals surface area contributed by atoms with E-state index < -0.39 is 42.3 Å². The van der Waals surface area contributed by atoms with Crippen molar-refractivity contribution < 1.29 is 33.5 Å². The predicted octanol–water partition coefficient (Wildman–Crippen LogP) is 2.04. The molecule has 3 rings (SSSR count). The summed E-state index contributed by atoms with van der Waals surface area (Å²) >= 11 is 0. The van der Waals surface area contributed by atoms with Crippen LogP contribution in [0.15, 0.2) is 24.3 Å². The van der Waals surface area contributed by atoms with Crippen molar-refractivity contribution in [3.63, 3.8) is 0 Å². The van der Waals surface area contributed by atoms with Crippen LogP contribution in [0, 0.1) is 17.8 Å². The number of amides is 4. The van der Waals surface area contributed by atoms with Crippen LogP contribution in [0.1, 0.15) is 57.9 Å². The van der Waals surface area contributed by atoms with Crippen molar-refractivity contribution in [2.45, 2.75) is 64.8 Å². The van der Waals surface area contributed by atoms with E-state index in [1.165, 1.54) is 0 Å². The second-order valence-corrected chi connectivity index (χ2v) is 10.0. The second kappa shape index (κ2) is 16.6. The fourth-order valence-corrected chi connectivity index (χ4v) is 4.48. The quantitative estimate of drug-likeness (QED) is 0.166. The molecule has 2 bridgehead atoms. The first kappa shape index (κ1) is 31.0. The Morgan fingerprint density at radius 1 is 1.11 bits per heavy atom. The summed E-state index contributed by atoms with van der Waals surface area (Å²) in [6.07, 6.45) is 3.06. The van der Waals surface area contributed by atoms with E-state index in [1.807, 2.05) is 26.0 Å². The molecule has 1 aromatic rings. The molecule has 0 fully saturated rings. The van der Waals surface area contributed by atoms with E-state index in [0.29, 0.717) is 57.4 Å². The van der Waals surface area contributed by atoms with Gasteiger partial charge in [0.2, 0.25) is 23.6 Å². The minimum absolute atomic E-state index is 0.0718. The summed E-state index contributed by atoms with van der Waals surface area (Å²) < 4.78 is 17.9. The molecule has 2 aliphatic rings. The van der Waals surface area contributed by atoms with Crippen LogP contribution in [-0.2, 0) is 25.6 Å². The van der Waals surface area contributed by atoms with Gasteiger partial charge in [-0.15, -0.1) is 0 Å². The maximum absolute atomic E-state index is 13.5. The number of nitrogens with one attached hydrogen (secondary N) is 4. The average Bonchev–Trinajstić information content (AvgIpc) is 2.90. The highest BCUT2D eigenvalue weighted by molar-refractivity contribution is 5.93. The van der Waals surface area contributed by atoms with E-state index >= 15 is 0 Å². The topological polar surface area (TPSA) is 146 Å². The molecule has 212 valence electrons. The van der Waals surface area contributed by atoms with E-state index in [2.05, 4.69) is 16.0 Å². The smallest absolute Gasteiger partial charge is 0.247 e. The van der Waals surface area contributed by atoms with Gasteiger partial charge in [0.25, 0.3) is 0 Å². The van der Waals surface area contributed by atoms with Crippen molar-refractivity contribution in [3.05, 3.63) is 29.8 Å². The van der Waals surface area contributed by atoms with Gasteiger partial charge in [0.05, 0.1) is 25.7 Å². The molecule has 0 radical (unpaired) electrons. The lowest BCUT2D eigenvalue weighted by atomic mass is 9.81. The summed E-state index contributed by atoms with van der Waals surface area (Å²) in [4.78, 5) is 51.3. The molecule has 38 heavy (non-hydrogen) atoms. The van der Waals surface area contributed by atoms with Crippen LogP contribution in [0.25, 0.3) is 0 Å². The molecule has 1 aromatic carbocycles. The van der Waals surface area contributed by atoms with Gasteiger partial charge in [0.1, 0.15) is 11.8 Å². The lowest BCUT2D eigenvalue weighted by Crippen LogP contribution is -2.53. The third-order valence-electron chi connectivity index (χ3n) is 6.47. The monoisotopic (exact) mass is 536 g/mol. The molecule has 3 atom stereocenters. The van der Waals surface area contributed by atoms with Gasteiger partial charge in [-0.1, -0.05) is 26.0 Å². The van der Waals surface area contributed by atoms with Crippen molar-refractivity contribution in [1.29, 1.82) is 0 Å². The van der Waals surface area contributed by atoms with E-state index in [4.69, 9.17) is 4.74 Å². The van der Waals surface area contributed by atoms with Gasteiger partial charge in [-0.2, -0.15) is 0 Å². The number of rotatable bonds is 11. The molecule has 11 heteroatoms. The summed E-state index contributed by atoms with van der Waals surface area (Å²) in [7, 11) is 0. The van der Waals surface area contributed by atoms with Gasteiger partial charge in [-0.3, -0.25) is 28.8 Å². The normalized spacial score (nSPS) is 20.1. The fraction of sp³-hybridized carbons (Fsp3) is 0.630. The summed E-state index contributed by atoms with van der Waals surface area (Å²) in [6, 6.07) is 6.17. The lowest BCUT2D eigenvalue weighted by Gasteiger charge is -2.28. The molecule has 0 spiro atoms. The van der Waals surface area contributed by atoms with Crippen LogP contribution < -0.4 is 26.2 Å². The zero-order chi connectivity index (χ0) is 27.9. The van der Waals surface area contributed by atoms with E-state index in [0.717, 1.165) is 5.56 Å². The molecular formula is C27H41FN4O6. The highest BCUT2D eigenvalue weighted by atomic mass is 19.1.